The first-order valence-corrected chi connectivity index (χ1v) is 8.86. The maximum absolute atomic E-state index is 12.9. The second-order valence-corrected chi connectivity index (χ2v) is 6.71. The van der Waals surface area contributed by atoms with Gasteiger partial charge in [-0.05, 0) is 12.5 Å². The number of benzene rings is 2. The summed E-state index contributed by atoms with van der Waals surface area (Å²) in [4.78, 5) is 37.6. The fraction of sp³-hybridized carbons (Fsp3) is 0.316. The number of hydrogen-bond acceptors (Lipinski definition) is 6. The topological polar surface area (TPSA) is 110 Å². The predicted octanol–water partition coefficient (Wildman–Crippen LogP) is 2.77. The van der Waals surface area contributed by atoms with Crippen LogP contribution in [0.15, 0.2) is 42.5 Å². The summed E-state index contributed by atoms with van der Waals surface area (Å²) >= 11 is 0. The Labute approximate surface area is 161 Å². The Bertz CT molecular complexity index is 908. The third kappa shape index (κ3) is 4.15. The van der Waals surface area contributed by atoms with Crippen LogP contribution >= 0.6 is 0 Å². The van der Waals surface area contributed by atoms with Crippen LogP contribution in [-0.4, -0.2) is 51.7 Å². The number of rotatable bonds is 5. The number of nitro groups is 2. The van der Waals surface area contributed by atoms with E-state index in [2.05, 4.69) is 4.90 Å². The third-order valence-corrected chi connectivity index (χ3v) is 4.91. The molecule has 2 aromatic rings. The van der Waals surface area contributed by atoms with E-state index in [1.54, 1.807) is 4.90 Å². The quantitative estimate of drug-likeness (QED) is 0.579. The fourth-order valence-electron chi connectivity index (χ4n) is 3.32. The number of nitrogens with zero attached hydrogens (tertiary/aromatic N) is 4. The number of piperazine rings is 1. The summed E-state index contributed by atoms with van der Waals surface area (Å²) in [6.07, 6.45) is 0. The average Bonchev–Trinajstić information content (AvgIpc) is 2.68. The van der Waals surface area contributed by atoms with Crippen molar-refractivity contribution in [2.45, 2.75) is 13.5 Å². The lowest BCUT2D eigenvalue weighted by Gasteiger charge is -2.35. The van der Waals surface area contributed by atoms with Gasteiger partial charge in [-0.2, -0.15) is 0 Å². The highest BCUT2D eigenvalue weighted by Gasteiger charge is 2.29. The summed E-state index contributed by atoms with van der Waals surface area (Å²) in [5.41, 5.74) is 0.473. The van der Waals surface area contributed by atoms with E-state index in [9.17, 15) is 25.0 Å². The first-order valence-electron chi connectivity index (χ1n) is 8.86. The molecule has 1 saturated heterocycles. The zero-order valence-electron chi connectivity index (χ0n) is 15.4. The maximum atomic E-state index is 12.9. The molecule has 1 amide bonds. The van der Waals surface area contributed by atoms with E-state index in [0.29, 0.717) is 26.2 Å². The molecule has 0 unspecified atom stereocenters. The smallest absolute Gasteiger partial charge is 0.279 e. The van der Waals surface area contributed by atoms with Crippen LogP contribution in [0, 0.1) is 27.2 Å². The van der Waals surface area contributed by atoms with Gasteiger partial charge in [0.15, 0.2) is 0 Å². The second-order valence-electron chi connectivity index (χ2n) is 6.71. The van der Waals surface area contributed by atoms with Crippen LogP contribution in [-0.2, 0) is 6.54 Å². The van der Waals surface area contributed by atoms with Crippen molar-refractivity contribution in [3.05, 3.63) is 79.4 Å². The summed E-state index contributed by atoms with van der Waals surface area (Å²) in [5.74, 6) is -0.413. The summed E-state index contributed by atoms with van der Waals surface area (Å²) in [6.45, 7) is 4.47. The lowest BCUT2D eigenvalue weighted by molar-refractivity contribution is -0.394. The molecule has 28 heavy (non-hydrogen) atoms. The molecule has 1 aliphatic heterocycles. The molecule has 0 spiro atoms. The number of nitro benzene ring substituents is 2. The highest BCUT2D eigenvalue weighted by molar-refractivity contribution is 5.97. The van der Waals surface area contributed by atoms with E-state index in [1.165, 1.54) is 12.5 Å². The molecule has 2 aromatic carbocycles. The van der Waals surface area contributed by atoms with Crippen LogP contribution in [0.3, 0.4) is 0 Å². The molecule has 1 aliphatic rings. The molecular weight excluding hydrogens is 364 g/mol. The lowest BCUT2D eigenvalue weighted by atomic mass is 10.0. The number of hydrogen-bond donors (Lipinski definition) is 0. The number of amides is 1. The molecule has 9 nitrogen and oxygen atoms in total. The van der Waals surface area contributed by atoms with Gasteiger partial charge in [-0.15, -0.1) is 0 Å². The van der Waals surface area contributed by atoms with E-state index >= 15 is 0 Å². The molecule has 146 valence electrons. The van der Waals surface area contributed by atoms with Gasteiger partial charge in [0.25, 0.3) is 17.3 Å². The zero-order chi connectivity index (χ0) is 20.3. The standard InChI is InChI=1S/C19H20N4O5/c1-14-17(11-16(22(25)26)12-18(14)23(27)28)19(24)21-9-7-20(8-10-21)13-15-5-3-2-4-6-15/h2-6,11-12H,7-10,13H2,1H3. The van der Waals surface area contributed by atoms with E-state index in [0.717, 1.165) is 18.7 Å². The molecule has 9 heteroatoms. The molecule has 1 heterocycles. The van der Waals surface area contributed by atoms with Gasteiger partial charge in [-0.3, -0.25) is 29.9 Å². The number of non-ortho nitro benzene ring substituents is 1. The first kappa shape index (κ1) is 19.4. The molecule has 0 bridgehead atoms. The van der Waals surface area contributed by atoms with Crippen molar-refractivity contribution in [3.8, 4) is 0 Å². The Morgan fingerprint density at radius 3 is 2.21 bits per heavy atom. The molecule has 1 fully saturated rings. The summed E-state index contributed by atoms with van der Waals surface area (Å²) < 4.78 is 0. The van der Waals surface area contributed by atoms with Gasteiger partial charge in [0, 0.05) is 44.4 Å². The van der Waals surface area contributed by atoms with E-state index in [1.807, 2.05) is 30.3 Å². The molecular formula is C19H20N4O5. The van der Waals surface area contributed by atoms with Gasteiger partial charge in [0.05, 0.1) is 21.5 Å². The molecule has 0 aromatic heterocycles. The molecule has 0 N–H and O–H groups in total. The number of carbonyl (C=O) groups excluding carboxylic acids is 1. The maximum Gasteiger partial charge on any atom is 0.279 e. The monoisotopic (exact) mass is 384 g/mol. The molecule has 0 aliphatic carbocycles. The summed E-state index contributed by atoms with van der Waals surface area (Å²) in [7, 11) is 0. The van der Waals surface area contributed by atoms with Gasteiger partial charge < -0.3 is 4.90 Å². The minimum absolute atomic E-state index is 0.0115. The summed E-state index contributed by atoms with van der Waals surface area (Å²) in [6, 6.07) is 12.0. The average molecular weight is 384 g/mol. The molecule has 0 atom stereocenters. The van der Waals surface area contributed by atoms with Crippen molar-refractivity contribution in [2.75, 3.05) is 26.2 Å². The van der Waals surface area contributed by atoms with Gasteiger partial charge in [0.1, 0.15) is 0 Å². The SMILES string of the molecule is Cc1c(C(=O)N2CCN(Cc3ccccc3)CC2)cc([N+](=O)[O-])cc1[N+](=O)[O-]. The Balaban J connectivity index is 1.74. The third-order valence-electron chi connectivity index (χ3n) is 4.91. The van der Waals surface area contributed by atoms with E-state index in [-0.39, 0.29) is 11.1 Å². The predicted molar refractivity (Wildman–Crippen MR) is 102 cm³/mol. The Hall–Kier alpha value is -3.33. The van der Waals surface area contributed by atoms with Crippen LogP contribution < -0.4 is 0 Å². The number of carbonyl (C=O) groups is 1. The first-order chi connectivity index (χ1) is 13.4. The van der Waals surface area contributed by atoms with E-state index < -0.39 is 27.1 Å². The van der Waals surface area contributed by atoms with E-state index in [4.69, 9.17) is 0 Å². The van der Waals surface area contributed by atoms with Crippen molar-refractivity contribution >= 4 is 17.3 Å². The largest absolute Gasteiger partial charge is 0.336 e. The van der Waals surface area contributed by atoms with Crippen LogP contribution in [0.4, 0.5) is 11.4 Å². The van der Waals surface area contributed by atoms with Crippen molar-refractivity contribution < 1.29 is 14.6 Å². The second kappa shape index (κ2) is 8.13. The normalized spacial score (nSPS) is 14.7. The van der Waals surface area contributed by atoms with Crippen LogP contribution in [0.1, 0.15) is 21.5 Å². The molecule has 0 radical (unpaired) electrons. The van der Waals surface area contributed by atoms with Crippen molar-refractivity contribution in [3.63, 3.8) is 0 Å². The van der Waals surface area contributed by atoms with Gasteiger partial charge in [0.2, 0.25) is 0 Å². The highest BCUT2D eigenvalue weighted by Crippen LogP contribution is 2.29. The van der Waals surface area contributed by atoms with Gasteiger partial charge >= 0.3 is 0 Å². The minimum Gasteiger partial charge on any atom is -0.336 e. The van der Waals surface area contributed by atoms with Gasteiger partial charge in [-0.1, -0.05) is 30.3 Å². The molecule has 3 rings (SSSR count). The fourth-order valence-corrected chi connectivity index (χ4v) is 3.32. The molecule has 0 saturated carbocycles. The van der Waals surface area contributed by atoms with Gasteiger partial charge in [-0.25, -0.2) is 0 Å². The van der Waals surface area contributed by atoms with Crippen LogP contribution in [0.25, 0.3) is 0 Å². The minimum atomic E-state index is -0.721. The van der Waals surface area contributed by atoms with Crippen molar-refractivity contribution in [1.29, 1.82) is 0 Å². The lowest BCUT2D eigenvalue weighted by Crippen LogP contribution is -2.48. The Morgan fingerprint density at radius 2 is 1.64 bits per heavy atom. The van der Waals surface area contributed by atoms with Crippen LogP contribution in [0.2, 0.25) is 0 Å². The summed E-state index contributed by atoms with van der Waals surface area (Å²) in [5, 5.41) is 22.3. The zero-order valence-corrected chi connectivity index (χ0v) is 15.4. The highest BCUT2D eigenvalue weighted by atomic mass is 16.6. The van der Waals surface area contributed by atoms with Crippen molar-refractivity contribution in [2.24, 2.45) is 0 Å². The Morgan fingerprint density at radius 1 is 1.00 bits per heavy atom. The van der Waals surface area contributed by atoms with Crippen LogP contribution in [0.5, 0.6) is 0 Å². The van der Waals surface area contributed by atoms with Crippen molar-refractivity contribution in [1.82, 2.24) is 9.80 Å². The Kier molecular flexibility index (Phi) is 5.65.